The summed E-state index contributed by atoms with van der Waals surface area (Å²) in [6.07, 6.45) is 0. The van der Waals surface area contributed by atoms with Gasteiger partial charge in [-0.05, 0) is 42.8 Å². The number of rotatable bonds is 4. The van der Waals surface area contributed by atoms with Gasteiger partial charge in [-0.1, -0.05) is 24.3 Å². The first kappa shape index (κ1) is 16.6. The normalized spacial score (nSPS) is 13.5. The number of hydrogen-bond donors (Lipinski definition) is 1. The molecule has 0 radical (unpaired) electrons. The number of benzene rings is 2. The Hall–Kier alpha value is -2.86. The van der Waals surface area contributed by atoms with Crippen molar-refractivity contribution in [3.05, 3.63) is 70.9 Å². The van der Waals surface area contributed by atoms with Gasteiger partial charge >= 0.3 is 0 Å². The van der Waals surface area contributed by atoms with Crippen LogP contribution in [0.2, 0.25) is 0 Å². The number of hydrogen-bond acceptors (Lipinski definition) is 4. The van der Waals surface area contributed by atoms with E-state index in [4.69, 9.17) is 9.47 Å². The van der Waals surface area contributed by atoms with Crippen molar-refractivity contribution < 1.29 is 18.7 Å². The molecule has 6 heteroatoms. The number of halogens is 1. The van der Waals surface area contributed by atoms with Crippen molar-refractivity contribution in [2.75, 3.05) is 6.79 Å². The zero-order valence-electron chi connectivity index (χ0n) is 14.0. The van der Waals surface area contributed by atoms with Gasteiger partial charge < -0.3 is 14.8 Å². The molecule has 0 spiro atoms. The predicted octanol–water partition coefficient (Wildman–Crippen LogP) is 4.77. The van der Waals surface area contributed by atoms with Crippen LogP contribution in [-0.2, 0) is 0 Å². The van der Waals surface area contributed by atoms with Crippen LogP contribution in [0.4, 0.5) is 4.39 Å². The van der Waals surface area contributed by atoms with Gasteiger partial charge in [0.25, 0.3) is 5.91 Å². The highest BCUT2D eigenvalue weighted by Gasteiger charge is 2.18. The number of thiophene rings is 1. The minimum atomic E-state index is -0.296. The van der Waals surface area contributed by atoms with Crippen LogP contribution in [0.15, 0.2) is 54.6 Å². The maximum absolute atomic E-state index is 13.9. The van der Waals surface area contributed by atoms with Crippen LogP contribution < -0.4 is 14.8 Å². The van der Waals surface area contributed by atoms with Gasteiger partial charge in [0.1, 0.15) is 5.82 Å². The summed E-state index contributed by atoms with van der Waals surface area (Å²) in [5, 5.41) is 2.96. The maximum Gasteiger partial charge on any atom is 0.261 e. The quantitative estimate of drug-likeness (QED) is 0.720. The number of carbonyl (C=O) groups excluding carboxylic acids is 1. The van der Waals surface area contributed by atoms with Gasteiger partial charge in [-0.3, -0.25) is 4.79 Å². The molecule has 26 heavy (non-hydrogen) atoms. The highest BCUT2D eigenvalue weighted by atomic mass is 32.1. The van der Waals surface area contributed by atoms with Crippen LogP contribution >= 0.6 is 11.3 Å². The molecule has 1 aliphatic heterocycles. The lowest BCUT2D eigenvalue weighted by Gasteiger charge is -2.14. The van der Waals surface area contributed by atoms with E-state index in [0.29, 0.717) is 21.9 Å². The lowest BCUT2D eigenvalue weighted by Crippen LogP contribution is -2.25. The molecule has 1 amide bonds. The first-order valence-corrected chi connectivity index (χ1v) is 8.98. The molecule has 2 heterocycles. The van der Waals surface area contributed by atoms with Gasteiger partial charge in [0.15, 0.2) is 11.5 Å². The fourth-order valence-corrected chi connectivity index (χ4v) is 3.74. The van der Waals surface area contributed by atoms with Gasteiger partial charge in [0.05, 0.1) is 10.9 Å². The van der Waals surface area contributed by atoms with Crippen LogP contribution in [0, 0.1) is 5.82 Å². The summed E-state index contributed by atoms with van der Waals surface area (Å²) in [6, 6.07) is 15.4. The summed E-state index contributed by atoms with van der Waals surface area (Å²) in [5.41, 5.74) is 1.42. The lowest BCUT2D eigenvalue weighted by atomic mass is 10.1. The van der Waals surface area contributed by atoms with E-state index in [1.165, 1.54) is 17.4 Å². The Morgan fingerprint density at radius 3 is 2.77 bits per heavy atom. The third kappa shape index (κ3) is 3.15. The Kier molecular flexibility index (Phi) is 4.34. The molecule has 0 saturated carbocycles. The highest BCUT2D eigenvalue weighted by molar-refractivity contribution is 7.17. The molecule has 4 nitrogen and oxygen atoms in total. The summed E-state index contributed by atoms with van der Waals surface area (Å²) in [5.74, 6) is 0.902. The average molecular weight is 369 g/mol. The first-order valence-electron chi connectivity index (χ1n) is 8.17. The molecule has 1 N–H and O–H groups in total. The summed E-state index contributed by atoms with van der Waals surface area (Å²) < 4.78 is 24.6. The SMILES string of the molecule is CC(NC(=O)c1ccc(-c2ccccc2F)s1)c1ccc2c(c1)OCO2. The average Bonchev–Trinajstić information content (AvgIpc) is 3.31. The van der Waals surface area contributed by atoms with Gasteiger partial charge in [0, 0.05) is 10.4 Å². The number of carbonyl (C=O) groups is 1. The molecule has 2 aromatic carbocycles. The van der Waals surface area contributed by atoms with E-state index in [-0.39, 0.29) is 24.6 Å². The molecule has 0 aliphatic carbocycles. The topological polar surface area (TPSA) is 47.6 Å². The molecule has 0 fully saturated rings. The molecule has 1 unspecified atom stereocenters. The first-order chi connectivity index (χ1) is 12.6. The van der Waals surface area contributed by atoms with E-state index in [1.54, 1.807) is 30.3 Å². The summed E-state index contributed by atoms with van der Waals surface area (Å²) in [6.45, 7) is 2.12. The van der Waals surface area contributed by atoms with Crippen molar-refractivity contribution in [2.45, 2.75) is 13.0 Å². The van der Waals surface area contributed by atoms with Crippen molar-refractivity contribution in [3.63, 3.8) is 0 Å². The number of amides is 1. The third-order valence-electron chi connectivity index (χ3n) is 4.21. The molecule has 3 aromatic rings. The number of ether oxygens (including phenoxy) is 2. The highest BCUT2D eigenvalue weighted by Crippen LogP contribution is 2.34. The molecule has 1 atom stereocenters. The Morgan fingerprint density at radius 1 is 1.12 bits per heavy atom. The van der Waals surface area contributed by atoms with Crippen LogP contribution in [0.3, 0.4) is 0 Å². The smallest absolute Gasteiger partial charge is 0.261 e. The van der Waals surface area contributed by atoms with E-state index >= 15 is 0 Å². The number of nitrogens with one attached hydrogen (secondary N) is 1. The molecule has 0 bridgehead atoms. The van der Waals surface area contributed by atoms with Crippen molar-refractivity contribution >= 4 is 17.2 Å². The van der Waals surface area contributed by atoms with E-state index < -0.39 is 0 Å². The standard InChI is InChI=1S/C20H16FNO3S/c1-12(13-6-7-16-17(10-13)25-11-24-16)22-20(23)19-9-8-18(26-19)14-4-2-3-5-15(14)21/h2-10,12H,11H2,1H3,(H,22,23). The predicted molar refractivity (Wildman–Crippen MR) is 98.2 cm³/mol. The van der Waals surface area contributed by atoms with Crippen molar-refractivity contribution in [2.24, 2.45) is 0 Å². The van der Waals surface area contributed by atoms with Gasteiger partial charge in [-0.25, -0.2) is 4.39 Å². The third-order valence-corrected chi connectivity index (χ3v) is 5.33. The zero-order chi connectivity index (χ0) is 18.1. The molecule has 1 aliphatic rings. The lowest BCUT2D eigenvalue weighted by molar-refractivity contribution is 0.0944. The van der Waals surface area contributed by atoms with E-state index in [0.717, 1.165) is 10.4 Å². The number of fused-ring (bicyclic) bond motifs is 1. The Labute approximate surface area is 154 Å². The zero-order valence-corrected chi connectivity index (χ0v) is 14.8. The molecule has 4 rings (SSSR count). The monoisotopic (exact) mass is 369 g/mol. The largest absolute Gasteiger partial charge is 0.454 e. The Bertz CT molecular complexity index is 969. The summed E-state index contributed by atoms with van der Waals surface area (Å²) in [4.78, 5) is 13.8. The second-order valence-electron chi connectivity index (χ2n) is 5.95. The fraction of sp³-hybridized carbons (Fsp3) is 0.150. The van der Waals surface area contributed by atoms with Crippen LogP contribution in [-0.4, -0.2) is 12.7 Å². The minimum Gasteiger partial charge on any atom is -0.454 e. The van der Waals surface area contributed by atoms with E-state index in [2.05, 4.69) is 5.32 Å². The van der Waals surface area contributed by atoms with Gasteiger partial charge in [0.2, 0.25) is 6.79 Å². The van der Waals surface area contributed by atoms with Crippen molar-refractivity contribution in [1.82, 2.24) is 5.32 Å². The molecule has 1 aromatic heterocycles. The van der Waals surface area contributed by atoms with E-state index in [1.807, 2.05) is 25.1 Å². The second-order valence-corrected chi connectivity index (χ2v) is 7.04. The van der Waals surface area contributed by atoms with Crippen LogP contribution in [0.1, 0.15) is 28.2 Å². The molecule has 132 valence electrons. The molecule has 0 saturated heterocycles. The Morgan fingerprint density at radius 2 is 1.92 bits per heavy atom. The fourth-order valence-electron chi connectivity index (χ4n) is 2.80. The van der Waals surface area contributed by atoms with Crippen LogP contribution in [0.25, 0.3) is 10.4 Å². The summed E-state index contributed by atoms with van der Waals surface area (Å²) in [7, 11) is 0. The Balaban J connectivity index is 1.49. The second kappa shape index (κ2) is 6.80. The van der Waals surface area contributed by atoms with Gasteiger partial charge in [-0.15, -0.1) is 11.3 Å². The van der Waals surface area contributed by atoms with Crippen molar-refractivity contribution in [1.29, 1.82) is 0 Å². The molecular weight excluding hydrogens is 353 g/mol. The summed E-state index contributed by atoms with van der Waals surface area (Å²) >= 11 is 1.27. The van der Waals surface area contributed by atoms with Crippen molar-refractivity contribution in [3.8, 4) is 21.9 Å². The minimum absolute atomic E-state index is 0.192. The van der Waals surface area contributed by atoms with Gasteiger partial charge in [-0.2, -0.15) is 0 Å². The van der Waals surface area contributed by atoms with Crippen LogP contribution in [0.5, 0.6) is 11.5 Å². The molecular formula is C20H16FNO3S. The maximum atomic E-state index is 13.9. The van der Waals surface area contributed by atoms with E-state index in [9.17, 15) is 9.18 Å².